The summed E-state index contributed by atoms with van der Waals surface area (Å²) in [5.41, 5.74) is -4.78. The molecule has 1 saturated heterocycles. The zero-order valence-electron chi connectivity index (χ0n) is 7.31. The van der Waals surface area contributed by atoms with Gasteiger partial charge in [0, 0.05) is 0 Å². The average Bonchev–Trinajstić information content (AvgIpc) is 1.98. The Morgan fingerprint density at radius 3 is 1.38 bits per heavy atom. The molecule has 0 aromatic heterocycles. The summed E-state index contributed by atoms with van der Waals surface area (Å²) in [5.74, 6) is -19.1. The predicted molar refractivity (Wildman–Crippen MR) is 34.7 cm³/mol. The van der Waals surface area contributed by atoms with Crippen molar-refractivity contribution < 1.29 is 44.3 Å². The molecule has 1 heterocycles. The number of halogens is 9. The van der Waals surface area contributed by atoms with E-state index in [0.717, 1.165) is 0 Å². The molecule has 1 aliphatic rings. The quantitative estimate of drug-likeness (QED) is 0.482. The minimum atomic E-state index is -6.54. The van der Waals surface area contributed by atoms with E-state index < -0.39 is 39.6 Å². The van der Waals surface area contributed by atoms with Crippen molar-refractivity contribution in [3.63, 3.8) is 0 Å². The zero-order chi connectivity index (χ0) is 13.2. The molecule has 0 aliphatic carbocycles. The zero-order valence-corrected chi connectivity index (χ0v) is 9.31. The highest BCUT2D eigenvalue weighted by Crippen LogP contribution is 2.61. The number of hydrogen-bond donors (Lipinski definition) is 0. The molecule has 1 unspecified atom stereocenters. The lowest BCUT2D eigenvalue weighted by Gasteiger charge is -2.47. The van der Waals surface area contributed by atoms with Crippen molar-refractivity contribution in [2.75, 3.05) is 0 Å². The molecule has 0 amide bonds. The SMILES string of the molecule is FC1(F)OC(F)([SiH3])C(F)(F)C(F)(F)C1(F)F. The van der Waals surface area contributed by atoms with Crippen LogP contribution in [-0.2, 0) is 4.74 Å². The van der Waals surface area contributed by atoms with Crippen LogP contribution in [0.25, 0.3) is 0 Å². The molecule has 1 aliphatic heterocycles. The van der Waals surface area contributed by atoms with Crippen LogP contribution in [0.4, 0.5) is 39.5 Å². The second kappa shape index (κ2) is 2.86. The summed E-state index contributed by atoms with van der Waals surface area (Å²) in [6.45, 7) is 0. The van der Waals surface area contributed by atoms with E-state index in [4.69, 9.17) is 0 Å². The highest BCUT2D eigenvalue weighted by atomic mass is 28.1. The summed E-state index contributed by atoms with van der Waals surface area (Å²) in [6.07, 6.45) is -6.01. The molecule has 1 atom stereocenters. The third-order valence-electron chi connectivity index (χ3n) is 2.03. The number of alkyl halides is 9. The Morgan fingerprint density at radius 1 is 0.625 bits per heavy atom. The molecule has 0 N–H and O–H groups in total. The van der Waals surface area contributed by atoms with Crippen LogP contribution in [0.1, 0.15) is 0 Å². The molecule has 1 nitrogen and oxygen atoms in total. The molecule has 16 heavy (non-hydrogen) atoms. The van der Waals surface area contributed by atoms with Gasteiger partial charge in [-0.1, -0.05) is 0 Å². The van der Waals surface area contributed by atoms with Crippen LogP contribution in [0.3, 0.4) is 0 Å². The van der Waals surface area contributed by atoms with Gasteiger partial charge in [0.2, 0.25) is 0 Å². The van der Waals surface area contributed by atoms with Gasteiger partial charge in [-0.25, -0.2) is 4.39 Å². The summed E-state index contributed by atoms with van der Waals surface area (Å²) in [7, 11) is -1.64. The van der Waals surface area contributed by atoms with E-state index in [1.807, 2.05) is 0 Å². The number of ether oxygens (including phenoxy) is 1. The van der Waals surface area contributed by atoms with E-state index in [1.165, 1.54) is 0 Å². The second-order valence-electron chi connectivity index (χ2n) is 3.26. The Kier molecular flexibility index (Phi) is 2.43. The van der Waals surface area contributed by atoms with Gasteiger partial charge in [-0.3, -0.25) is 4.74 Å². The first-order chi connectivity index (χ1) is 6.71. The Bertz CT molecular complexity index is 283. The number of hydrogen-bond acceptors (Lipinski definition) is 1. The van der Waals surface area contributed by atoms with Gasteiger partial charge in [0.25, 0.3) is 5.48 Å². The minimum absolute atomic E-state index is 1.64. The van der Waals surface area contributed by atoms with Crippen molar-refractivity contribution in [1.82, 2.24) is 0 Å². The predicted octanol–water partition coefficient (Wildman–Crippen LogP) is 1.50. The van der Waals surface area contributed by atoms with Crippen LogP contribution in [-0.4, -0.2) is 39.6 Å². The van der Waals surface area contributed by atoms with Gasteiger partial charge in [0.1, 0.15) is 0 Å². The molecular formula is C5H3F9OSi. The van der Waals surface area contributed by atoms with E-state index in [9.17, 15) is 39.5 Å². The monoisotopic (exact) mass is 278 g/mol. The lowest BCUT2D eigenvalue weighted by atomic mass is 10.00. The Balaban J connectivity index is 3.43. The summed E-state index contributed by atoms with van der Waals surface area (Å²) in [4.78, 5) is 0. The standard InChI is InChI=1S/C5H3F9OSi/c6-1(7)2(8,9)4(12,13)15-5(14,16)3(1,10)11/h16H3. The normalized spacial score (nSPS) is 39.6. The average molecular weight is 278 g/mol. The van der Waals surface area contributed by atoms with Gasteiger partial charge in [-0.15, -0.1) is 0 Å². The Labute approximate surface area is 85.0 Å². The molecule has 0 radical (unpaired) electrons. The molecule has 0 spiro atoms. The highest BCUT2D eigenvalue weighted by Gasteiger charge is 2.91. The fraction of sp³-hybridized carbons (Fsp3) is 1.00. The van der Waals surface area contributed by atoms with E-state index in [1.54, 1.807) is 0 Å². The van der Waals surface area contributed by atoms with Crippen LogP contribution in [0, 0.1) is 0 Å². The molecular weight excluding hydrogens is 275 g/mol. The van der Waals surface area contributed by atoms with Gasteiger partial charge in [0.15, 0.2) is 0 Å². The smallest absolute Gasteiger partial charge is 0.276 e. The third-order valence-corrected chi connectivity index (χ3v) is 2.87. The van der Waals surface area contributed by atoms with Crippen molar-refractivity contribution in [2.24, 2.45) is 0 Å². The van der Waals surface area contributed by atoms with Crippen molar-refractivity contribution in [3.05, 3.63) is 0 Å². The first-order valence-corrected chi connectivity index (χ1v) is 4.61. The van der Waals surface area contributed by atoms with Gasteiger partial charge in [0.05, 0.1) is 10.2 Å². The molecule has 1 rings (SSSR count). The molecule has 0 bridgehead atoms. The van der Waals surface area contributed by atoms with Crippen LogP contribution in [0.15, 0.2) is 0 Å². The molecule has 1 fully saturated rings. The Hall–Kier alpha value is -0.453. The van der Waals surface area contributed by atoms with Gasteiger partial charge in [-0.05, 0) is 0 Å². The molecule has 96 valence electrons. The van der Waals surface area contributed by atoms with E-state index >= 15 is 0 Å². The van der Waals surface area contributed by atoms with Gasteiger partial charge >= 0.3 is 23.9 Å². The third kappa shape index (κ3) is 1.24. The lowest BCUT2D eigenvalue weighted by molar-refractivity contribution is -0.517. The fourth-order valence-electron chi connectivity index (χ4n) is 1.03. The van der Waals surface area contributed by atoms with E-state index in [2.05, 4.69) is 4.74 Å². The largest absolute Gasteiger partial charge is 0.428 e. The van der Waals surface area contributed by atoms with Gasteiger partial charge < -0.3 is 0 Å². The molecule has 0 aromatic carbocycles. The minimum Gasteiger partial charge on any atom is -0.276 e. The summed E-state index contributed by atoms with van der Waals surface area (Å²) in [5, 5.41) is 0. The fourth-order valence-corrected chi connectivity index (χ4v) is 1.60. The van der Waals surface area contributed by atoms with Crippen LogP contribution < -0.4 is 0 Å². The van der Waals surface area contributed by atoms with E-state index in [-0.39, 0.29) is 0 Å². The van der Waals surface area contributed by atoms with Crippen LogP contribution in [0.5, 0.6) is 0 Å². The first kappa shape index (κ1) is 13.6. The van der Waals surface area contributed by atoms with Crippen molar-refractivity contribution >= 4 is 10.2 Å². The maximum absolute atomic E-state index is 12.8. The van der Waals surface area contributed by atoms with E-state index in [0.29, 0.717) is 0 Å². The van der Waals surface area contributed by atoms with Crippen LogP contribution in [0.2, 0.25) is 0 Å². The topological polar surface area (TPSA) is 9.23 Å². The molecule has 0 aromatic rings. The van der Waals surface area contributed by atoms with Crippen molar-refractivity contribution in [3.8, 4) is 0 Å². The van der Waals surface area contributed by atoms with Crippen LogP contribution >= 0.6 is 0 Å². The first-order valence-electron chi connectivity index (χ1n) is 3.61. The second-order valence-corrected chi connectivity index (χ2v) is 4.55. The lowest BCUT2D eigenvalue weighted by Crippen LogP contribution is -2.76. The highest BCUT2D eigenvalue weighted by molar-refractivity contribution is 6.14. The van der Waals surface area contributed by atoms with Gasteiger partial charge in [-0.2, -0.15) is 35.1 Å². The van der Waals surface area contributed by atoms with Crippen molar-refractivity contribution in [1.29, 1.82) is 0 Å². The molecule has 11 heteroatoms. The summed E-state index contributed by atoms with van der Waals surface area (Å²) < 4.78 is 115. The number of rotatable bonds is 0. The summed E-state index contributed by atoms with van der Waals surface area (Å²) >= 11 is 0. The Morgan fingerprint density at radius 2 is 1.00 bits per heavy atom. The maximum Gasteiger partial charge on any atom is 0.428 e. The molecule has 0 saturated carbocycles. The summed E-state index contributed by atoms with van der Waals surface area (Å²) in [6, 6.07) is 0. The van der Waals surface area contributed by atoms with Crippen molar-refractivity contribution in [2.45, 2.75) is 29.4 Å². The maximum atomic E-state index is 12.8.